The van der Waals surface area contributed by atoms with Crippen molar-refractivity contribution in [2.24, 2.45) is 0 Å². The van der Waals surface area contributed by atoms with Crippen molar-refractivity contribution in [2.45, 2.75) is 6.92 Å². The van der Waals surface area contributed by atoms with Crippen LogP contribution in [0.1, 0.15) is 5.56 Å². The molecule has 5 heteroatoms. The van der Waals surface area contributed by atoms with E-state index in [2.05, 4.69) is 233 Å². The second kappa shape index (κ2) is 13.3. The maximum atomic E-state index is 7.18. The van der Waals surface area contributed by atoms with E-state index in [1.165, 1.54) is 93.4 Å². The SMILES string of the molecule is Cc1ccc(N2B3c4cc5oc(-c6ccccc6)c(-c6ccccc6)c5cc4-n4c5cc6ccccc6cc5c5c(-n6c7ccccc7c7ccccc76)cc(c3c54)-c3ccccc32)cc1. The molecule has 306 valence electrons. The molecule has 0 aliphatic carbocycles. The van der Waals surface area contributed by atoms with Crippen molar-refractivity contribution < 1.29 is 4.42 Å². The summed E-state index contributed by atoms with van der Waals surface area (Å²) < 4.78 is 12.3. The Bertz CT molecular complexity index is 4130. The number of nitrogens with zero attached hydrogens (tertiary/aromatic N) is 3. The Labute approximate surface area is 380 Å². The van der Waals surface area contributed by atoms with Crippen LogP contribution in [-0.2, 0) is 0 Å². The fourth-order valence-corrected chi connectivity index (χ4v) is 11.7. The standard InChI is InChI=1S/C61H38BN3O/c1-37-28-30-42(31-29-37)65-52-27-15-12-24-45(52)46-34-55(63-50-25-13-10-22-43(50)44-23-11-14-26-51(44)63)58-47-32-40-20-8-9-21-41(40)33-53(47)64-54-35-48-56(36-49(54)62(65)59(46)60(58)64)66-61(39-18-6-3-7-19-39)57(48)38-16-4-2-5-17-38/h2-36H,1H3. The Hall–Kier alpha value is -8.54. The Balaban J connectivity index is 1.18. The number of fused-ring (bicyclic) bond motifs is 13. The molecule has 2 aliphatic rings. The molecular formula is C61H38BN3O. The van der Waals surface area contributed by atoms with Crippen LogP contribution in [0.3, 0.4) is 0 Å². The van der Waals surface area contributed by atoms with Crippen molar-refractivity contribution in [3.63, 3.8) is 0 Å². The first-order valence-electron chi connectivity index (χ1n) is 22.9. The highest BCUT2D eigenvalue weighted by atomic mass is 16.3. The summed E-state index contributed by atoms with van der Waals surface area (Å²) in [7, 11) is 0. The molecule has 0 saturated heterocycles. The van der Waals surface area contributed by atoms with Gasteiger partial charge in [-0.2, -0.15) is 0 Å². The van der Waals surface area contributed by atoms with Crippen LogP contribution in [0.5, 0.6) is 0 Å². The van der Waals surface area contributed by atoms with E-state index < -0.39 is 0 Å². The largest absolute Gasteiger partial charge is 0.455 e. The molecule has 0 fully saturated rings. The van der Waals surface area contributed by atoms with Crippen LogP contribution in [0.4, 0.5) is 11.4 Å². The third-order valence-corrected chi connectivity index (χ3v) is 14.5. The van der Waals surface area contributed by atoms with E-state index in [-0.39, 0.29) is 6.85 Å². The summed E-state index contributed by atoms with van der Waals surface area (Å²) in [6, 6.07) is 78.3. The van der Waals surface area contributed by atoms with Gasteiger partial charge in [0.2, 0.25) is 0 Å². The predicted octanol–water partition coefficient (Wildman–Crippen LogP) is 14.7. The van der Waals surface area contributed by atoms with Gasteiger partial charge in [-0.15, -0.1) is 0 Å². The topological polar surface area (TPSA) is 26.2 Å². The molecule has 15 rings (SSSR count). The average Bonchev–Trinajstić information content (AvgIpc) is 4.03. The molecule has 0 N–H and O–H groups in total. The predicted molar refractivity (Wildman–Crippen MR) is 277 cm³/mol. The summed E-state index contributed by atoms with van der Waals surface area (Å²) in [6.45, 7) is 1.99. The second-order valence-corrected chi connectivity index (χ2v) is 18.1. The third-order valence-electron chi connectivity index (χ3n) is 14.5. The average molecular weight is 840 g/mol. The van der Waals surface area contributed by atoms with Crippen LogP contribution in [0.25, 0.3) is 110 Å². The zero-order valence-corrected chi connectivity index (χ0v) is 36.0. The highest BCUT2D eigenvalue weighted by molar-refractivity contribution is 6.94. The third kappa shape index (κ3) is 4.78. The van der Waals surface area contributed by atoms with Gasteiger partial charge in [0, 0.05) is 60.7 Å². The van der Waals surface area contributed by atoms with Gasteiger partial charge >= 0.3 is 6.85 Å². The maximum absolute atomic E-state index is 7.18. The zero-order chi connectivity index (χ0) is 43.2. The number of benzene rings is 10. The monoisotopic (exact) mass is 839 g/mol. The summed E-state index contributed by atoms with van der Waals surface area (Å²) in [4.78, 5) is 2.60. The van der Waals surface area contributed by atoms with Gasteiger partial charge in [0.1, 0.15) is 11.3 Å². The molecule has 2 aliphatic heterocycles. The van der Waals surface area contributed by atoms with Gasteiger partial charge in [0.25, 0.3) is 0 Å². The molecule has 5 heterocycles. The summed E-state index contributed by atoms with van der Waals surface area (Å²) in [6.07, 6.45) is 0. The fourth-order valence-electron chi connectivity index (χ4n) is 11.7. The molecule has 66 heavy (non-hydrogen) atoms. The zero-order valence-electron chi connectivity index (χ0n) is 36.0. The molecule has 0 saturated carbocycles. The van der Waals surface area contributed by atoms with Crippen molar-refractivity contribution >= 4 is 94.5 Å². The van der Waals surface area contributed by atoms with Gasteiger partial charge in [-0.05, 0) is 100 Å². The highest BCUT2D eigenvalue weighted by Gasteiger charge is 2.45. The lowest BCUT2D eigenvalue weighted by Crippen LogP contribution is -2.60. The molecule has 0 amide bonds. The minimum atomic E-state index is -0.177. The lowest BCUT2D eigenvalue weighted by Gasteiger charge is -2.42. The number of para-hydroxylation sites is 3. The summed E-state index contributed by atoms with van der Waals surface area (Å²) in [5.41, 5.74) is 19.9. The Morgan fingerprint density at radius 3 is 1.82 bits per heavy atom. The molecule has 0 atom stereocenters. The summed E-state index contributed by atoms with van der Waals surface area (Å²) in [5, 5.41) is 8.51. The van der Waals surface area contributed by atoms with Gasteiger partial charge in [0.15, 0.2) is 0 Å². The highest BCUT2D eigenvalue weighted by Crippen LogP contribution is 2.50. The van der Waals surface area contributed by atoms with Crippen LogP contribution >= 0.6 is 0 Å². The van der Waals surface area contributed by atoms with Crippen molar-refractivity contribution in [3.8, 4) is 45.0 Å². The first-order chi connectivity index (χ1) is 32.7. The number of hydrogen-bond acceptors (Lipinski definition) is 2. The van der Waals surface area contributed by atoms with Gasteiger partial charge in [0.05, 0.1) is 27.8 Å². The van der Waals surface area contributed by atoms with Gasteiger partial charge in [-0.3, -0.25) is 0 Å². The molecule has 13 aromatic rings. The van der Waals surface area contributed by atoms with Crippen molar-refractivity contribution in [3.05, 3.63) is 218 Å². The minimum Gasteiger partial charge on any atom is -0.455 e. The van der Waals surface area contributed by atoms with E-state index in [1.807, 2.05) is 0 Å². The van der Waals surface area contributed by atoms with Gasteiger partial charge in [-0.1, -0.05) is 157 Å². The molecule has 10 aromatic carbocycles. The van der Waals surface area contributed by atoms with Gasteiger partial charge < -0.3 is 18.4 Å². The van der Waals surface area contributed by atoms with E-state index >= 15 is 0 Å². The van der Waals surface area contributed by atoms with Crippen LogP contribution < -0.4 is 15.7 Å². The summed E-state index contributed by atoms with van der Waals surface area (Å²) >= 11 is 0. The van der Waals surface area contributed by atoms with Crippen molar-refractivity contribution in [1.29, 1.82) is 0 Å². The molecule has 0 bridgehead atoms. The fraction of sp³-hybridized carbons (Fsp3) is 0.0164. The Kier molecular flexibility index (Phi) is 7.21. The summed E-state index contributed by atoms with van der Waals surface area (Å²) in [5.74, 6) is 0.879. The molecular weight excluding hydrogens is 802 g/mol. The number of aryl methyl sites for hydroxylation is 1. The molecule has 0 radical (unpaired) electrons. The Morgan fingerprint density at radius 1 is 0.439 bits per heavy atom. The van der Waals surface area contributed by atoms with E-state index in [1.54, 1.807) is 0 Å². The molecule has 3 aromatic heterocycles. The van der Waals surface area contributed by atoms with Crippen LogP contribution in [0.15, 0.2) is 217 Å². The van der Waals surface area contributed by atoms with E-state index in [9.17, 15) is 0 Å². The molecule has 0 unspecified atom stereocenters. The normalized spacial score (nSPS) is 12.9. The van der Waals surface area contributed by atoms with Crippen molar-refractivity contribution in [2.75, 3.05) is 4.81 Å². The lowest BCUT2D eigenvalue weighted by molar-refractivity contribution is 0.632. The number of aromatic nitrogens is 2. The van der Waals surface area contributed by atoms with Crippen molar-refractivity contribution in [1.82, 2.24) is 9.13 Å². The smallest absolute Gasteiger partial charge is 0.333 e. The van der Waals surface area contributed by atoms with E-state index in [0.717, 1.165) is 44.8 Å². The van der Waals surface area contributed by atoms with Crippen LogP contribution in [0.2, 0.25) is 0 Å². The quantitative estimate of drug-likeness (QED) is 0.165. The van der Waals surface area contributed by atoms with Gasteiger partial charge in [-0.25, -0.2) is 0 Å². The number of hydrogen-bond donors (Lipinski definition) is 0. The number of anilines is 2. The second-order valence-electron chi connectivity index (χ2n) is 18.1. The number of rotatable bonds is 4. The first-order valence-corrected chi connectivity index (χ1v) is 22.9. The molecule has 4 nitrogen and oxygen atoms in total. The van der Waals surface area contributed by atoms with E-state index in [0.29, 0.717) is 0 Å². The Morgan fingerprint density at radius 2 is 1.08 bits per heavy atom. The maximum Gasteiger partial charge on any atom is 0.333 e. The van der Waals surface area contributed by atoms with Crippen LogP contribution in [0, 0.1) is 6.92 Å². The van der Waals surface area contributed by atoms with E-state index in [4.69, 9.17) is 4.42 Å². The lowest BCUT2D eigenvalue weighted by atomic mass is 9.44. The minimum absolute atomic E-state index is 0.177. The first kappa shape index (κ1) is 35.9. The number of furan rings is 1. The van der Waals surface area contributed by atoms with Crippen LogP contribution in [-0.4, -0.2) is 16.0 Å². The molecule has 0 spiro atoms.